The van der Waals surface area contributed by atoms with Gasteiger partial charge in [0.25, 0.3) is 0 Å². The van der Waals surface area contributed by atoms with Crippen molar-refractivity contribution in [3.05, 3.63) is 63.6 Å². The fourth-order valence-electron chi connectivity index (χ4n) is 3.99. The second-order valence-electron chi connectivity index (χ2n) is 8.63. The van der Waals surface area contributed by atoms with Crippen molar-refractivity contribution in [1.29, 1.82) is 0 Å². The number of nitrogens with zero attached hydrogens (tertiary/aromatic N) is 2. The average Bonchev–Trinajstić information content (AvgIpc) is 3.21. The number of urea groups is 1. The van der Waals surface area contributed by atoms with Crippen LogP contribution in [0.2, 0.25) is 10.0 Å². The first-order valence-electron chi connectivity index (χ1n) is 12.1. The molecule has 0 saturated carbocycles. The minimum absolute atomic E-state index is 0. The van der Waals surface area contributed by atoms with Gasteiger partial charge in [0.15, 0.2) is 0 Å². The summed E-state index contributed by atoms with van der Waals surface area (Å²) < 4.78 is 18.5. The molecule has 1 saturated heterocycles. The highest BCUT2D eigenvalue weighted by Crippen LogP contribution is 2.31. The van der Waals surface area contributed by atoms with Crippen LogP contribution >= 0.6 is 48.0 Å². The zero-order valence-corrected chi connectivity index (χ0v) is 24.8. The first-order chi connectivity index (χ1) is 18.0. The number of benzene rings is 2. The van der Waals surface area contributed by atoms with Crippen LogP contribution in [0.5, 0.6) is 5.88 Å². The lowest BCUT2D eigenvalue weighted by atomic mass is 10.1. The van der Waals surface area contributed by atoms with E-state index >= 15 is 0 Å². The van der Waals surface area contributed by atoms with Gasteiger partial charge in [-0.3, -0.25) is 5.32 Å². The van der Waals surface area contributed by atoms with Crippen LogP contribution < -0.4 is 20.7 Å². The summed E-state index contributed by atoms with van der Waals surface area (Å²) in [5, 5.41) is 14.6. The molecule has 1 unspecified atom stereocenters. The summed E-state index contributed by atoms with van der Waals surface area (Å²) in [4.78, 5) is 13.2. The molecule has 9 nitrogen and oxygen atoms in total. The molecule has 1 atom stereocenters. The summed E-state index contributed by atoms with van der Waals surface area (Å²) in [5.41, 5.74) is 2.91. The van der Waals surface area contributed by atoms with Crippen LogP contribution in [0.15, 0.2) is 42.5 Å². The smallest absolute Gasteiger partial charge is 0.324 e. The third-order valence-corrected chi connectivity index (χ3v) is 6.63. The Morgan fingerprint density at radius 3 is 2.62 bits per heavy atom. The predicted molar refractivity (Wildman–Crippen MR) is 160 cm³/mol. The van der Waals surface area contributed by atoms with E-state index in [1.54, 1.807) is 23.9 Å². The first-order valence-corrected chi connectivity index (χ1v) is 12.9. The van der Waals surface area contributed by atoms with Crippen molar-refractivity contribution in [3.63, 3.8) is 0 Å². The number of nitrogens with one attached hydrogen (secondary N) is 3. The van der Waals surface area contributed by atoms with E-state index in [0.717, 1.165) is 24.2 Å². The van der Waals surface area contributed by atoms with Gasteiger partial charge in [0.2, 0.25) is 5.88 Å². The fourth-order valence-corrected chi connectivity index (χ4v) is 4.34. The number of amides is 2. The number of hydrogen-bond acceptors (Lipinski definition) is 6. The Balaban J connectivity index is 0.00000267. The van der Waals surface area contributed by atoms with Crippen LogP contribution in [0.4, 0.5) is 16.3 Å². The molecule has 1 aliphatic rings. The normalized spacial score (nSPS) is 14.6. The number of aromatic nitrogens is 2. The third-order valence-electron chi connectivity index (χ3n) is 5.91. The summed E-state index contributed by atoms with van der Waals surface area (Å²) >= 11 is 12.5. The van der Waals surface area contributed by atoms with Crippen LogP contribution in [-0.2, 0) is 15.9 Å². The quantitative estimate of drug-likeness (QED) is 0.243. The Bertz CT molecular complexity index is 1210. The van der Waals surface area contributed by atoms with Gasteiger partial charge in [0.05, 0.1) is 27.9 Å². The summed E-state index contributed by atoms with van der Waals surface area (Å²) in [6.07, 6.45) is 1.36. The molecule has 3 aromatic rings. The summed E-state index contributed by atoms with van der Waals surface area (Å²) in [6.45, 7) is 4.97. The lowest BCUT2D eigenvalue weighted by molar-refractivity contribution is -0.000938. The van der Waals surface area contributed by atoms with Gasteiger partial charge in [-0.15, -0.1) is 29.9 Å². The summed E-state index contributed by atoms with van der Waals surface area (Å²) in [7, 11) is 1.65. The highest BCUT2D eigenvalue weighted by Gasteiger charge is 2.22. The lowest BCUT2D eigenvalue weighted by Gasteiger charge is -2.23. The number of anilines is 2. The number of morpholine rings is 1. The average molecular weight is 621 g/mol. The Morgan fingerprint density at radius 1 is 1.18 bits per heavy atom. The van der Waals surface area contributed by atoms with E-state index in [1.807, 2.05) is 37.3 Å². The number of ether oxygens (including phenoxy) is 3. The maximum absolute atomic E-state index is 13.2. The van der Waals surface area contributed by atoms with Crippen molar-refractivity contribution in [1.82, 2.24) is 15.1 Å². The molecule has 1 aromatic heterocycles. The molecule has 0 bridgehead atoms. The fraction of sp³-hybridized carbons (Fsp3) is 0.385. The largest absolute Gasteiger partial charge is 0.474 e. The molecule has 2 aromatic carbocycles. The number of rotatable bonds is 10. The number of methoxy groups -OCH3 is 1. The Kier molecular flexibility index (Phi) is 13.6. The number of carbonyl (C=O) groups excluding carboxylic acids is 1. The summed E-state index contributed by atoms with van der Waals surface area (Å²) in [5.74, 6) is 0.908. The van der Waals surface area contributed by atoms with E-state index in [0.29, 0.717) is 65.8 Å². The van der Waals surface area contributed by atoms with Crippen LogP contribution in [-0.4, -0.2) is 61.9 Å². The molecule has 1 fully saturated rings. The Hall–Kier alpha value is -2.24. The minimum Gasteiger partial charge on any atom is -0.474 e. The molecular weight excluding hydrogens is 588 g/mol. The number of halogens is 4. The van der Waals surface area contributed by atoms with E-state index in [-0.39, 0.29) is 30.9 Å². The maximum Gasteiger partial charge on any atom is 0.324 e. The van der Waals surface area contributed by atoms with Crippen LogP contribution in [0.3, 0.4) is 0 Å². The highest BCUT2D eigenvalue weighted by molar-refractivity contribution is 6.42. The molecule has 2 heterocycles. The SMILES string of the molecule is COCCCc1cc(Cl)c(Cl)cc1NC(=O)Nc1c(C)c(OCC2CNCCO2)nn1-c1ccccc1.Cl.Cl. The molecule has 0 radical (unpaired) electrons. The zero-order chi connectivity index (χ0) is 26.2. The molecule has 0 aliphatic carbocycles. The van der Waals surface area contributed by atoms with Crippen LogP contribution in [0.1, 0.15) is 17.5 Å². The molecule has 2 amide bonds. The van der Waals surface area contributed by atoms with Gasteiger partial charge in [-0.05, 0) is 49.6 Å². The number of para-hydroxylation sites is 1. The lowest BCUT2D eigenvalue weighted by Crippen LogP contribution is -2.41. The van der Waals surface area contributed by atoms with Gasteiger partial charge in [0, 0.05) is 32.5 Å². The molecule has 3 N–H and O–H groups in total. The van der Waals surface area contributed by atoms with Gasteiger partial charge >= 0.3 is 6.03 Å². The van der Waals surface area contributed by atoms with E-state index in [4.69, 9.17) is 37.4 Å². The van der Waals surface area contributed by atoms with Crippen LogP contribution in [0, 0.1) is 6.92 Å². The van der Waals surface area contributed by atoms with Gasteiger partial charge in [-0.1, -0.05) is 41.4 Å². The second kappa shape index (κ2) is 16.1. The van der Waals surface area contributed by atoms with Crippen molar-refractivity contribution in [3.8, 4) is 11.6 Å². The Labute approximate surface area is 250 Å². The molecule has 214 valence electrons. The third kappa shape index (κ3) is 8.88. The topological polar surface area (TPSA) is 98.7 Å². The van der Waals surface area contributed by atoms with Crippen LogP contribution in [0.25, 0.3) is 5.69 Å². The van der Waals surface area contributed by atoms with Gasteiger partial charge in [-0.25, -0.2) is 9.48 Å². The van der Waals surface area contributed by atoms with E-state index < -0.39 is 6.03 Å². The van der Waals surface area contributed by atoms with Gasteiger partial charge in [-0.2, -0.15) is 0 Å². The molecule has 13 heteroatoms. The molecule has 39 heavy (non-hydrogen) atoms. The number of aryl methyl sites for hydroxylation is 1. The molecular formula is C26H33Cl4N5O4. The molecule has 4 rings (SSSR count). The van der Waals surface area contributed by atoms with Crippen molar-refractivity contribution in [2.45, 2.75) is 25.9 Å². The number of hydrogen-bond donors (Lipinski definition) is 3. The standard InChI is InChI=1S/C26H31Cl2N5O4.2ClH/c1-17-24(31-26(34)30-23-14-22(28)21(27)13-18(23)7-6-11-35-2)33(19-8-4-3-5-9-19)32-25(17)37-16-20-15-29-10-12-36-20;;/h3-5,8-9,13-14,20,29H,6-7,10-12,15-16H2,1-2H3,(H2,30,31,34);2*1H. The predicted octanol–water partition coefficient (Wildman–Crippen LogP) is 5.92. The summed E-state index contributed by atoms with van der Waals surface area (Å²) in [6, 6.07) is 12.5. The monoisotopic (exact) mass is 619 g/mol. The van der Waals surface area contributed by atoms with Gasteiger partial charge in [0.1, 0.15) is 18.5 Å². The van der Waals surface area contributed by atoms with Crippen molar-refractivity contribution in [2.24, 2.45) is 0 Å². The second-order valence-corrected chi connectivity index (χ2v) is 9.45. The first kappa shape index (κ1) is 33.0. The van der Waals surface area contributed by atoms with Crippen molar-refractivity contribution in [2.75, 3.05) is 50.7 Å². The van der Waals surface area contributed by atoms with E-state index in [2.05, 4.69) is 21.0 Å². The maximum atomic E-state index is 13.2. The van der Waals surface area contributed by atoms with Crippen molar-refractivity contribution < 1.29 is 19.0 Å². The minimum atomic E-state index is -0.446. The number of carbonyl (C=O) groups is 1. The molecule has 1 aliphatic heterocycles. The zero-order valence-electron chi connectivity index (χ0n) is 21.7. The molecule has 0 spiro atoms. The highest BCUT2D eigenvalue weighted by atomic mass is 35.5. The van der Waals surface area contributed by atoms with E-state index in [1.165, 1.54) is 0 Å². The Morgan fingerprint density at radius 2 is 1.92 bits per heavy atom. The van der Waals surface area contributed by atoms with Gasteiger partial charge < -0.3 is 24.8 Å². The van der Waals surface area contributed by atoms with E-state index in [9.17, 15) is 4.79 Å². The van der Waals surface area contributed by atoms with Crippen molar-refractivity contribution >= 4 is 65.6 Å².